The molecule has 1 aliphatic heterocycles. The van der Waals surface area contributed by atoms with Crippen molar-refractivity contribution in [2.24, 2.45) is 4.99 Å². The second-order valence-corrected chi connectivity index (χ2v) is 4.67. The lowest BCUT2D eigenvalue weighted by Gasteiger charge is -2.17. The minimum Gasteiger partial charge on any atom is -0.485 e. The smallest absolute Gasteiger partial charge is 0.145 e. The maximum absolute atomic E-state index is 13.2. The van der Waals surface area contributed by atoms with Gasteiger partial charge in [0.2, 0.25) is 0 Å². The van der Waals surface area contributed by atoms with E-state index in [0.29, 0.717) is 24.6 Å². The van der Waals surface area contributed by atoms with Crippen molar-refractivity contribution in [1.29, 1.82) is 0 Å². The lowest BCUT2D eigenvalue weighted by Crippen LogP contribution is -2.28. The molecule has 1 N–H and O–H groups in total. The number of hydrogen-bond donors (Lipinski definition) is 1. The highest BCUT2D eigenvalue weighted by atomic mass is 19.1. The van der Waals surface area contributed by atoms with Crippen molar-refractivity contribution in [1.82, 2.24) is 5.32 Å². The summed E-state index contributed by atoms with van der Waals surface area (Å²) in [7, 11) is 0. The fourth-order valence-corrected chi connectivity index (χ4v) is 2.10. The van der Waals surface area contributed by atoms with Crippen molar-refractivity contribution in [2.75, 3.05) is 13.2 Å². The SMILES string of the molecule is Fc1ccc2c(c1)N=C(CNCc1ccccc1)CO2. The van der Waals surface area contributed by atoms with Gasteiger partial charge < -0.3 is 10.1 Å². The minimum atomic E-state index is -0.297. The van der Waals surface area contributed by atoms with Crippen LogP contribution in [-0.2, 0) is 6.54 Å². The number of nitrogens with one attached hydrogen (secondary N) is 1. The highest BCUT2D eigenvalue weighted by Gasteiger charge is 2.13. The normalized spacial score (nSPS) is 13.3. The zero-order valence-electron chi connectivity index (χ0n) is 11.0. The summed E-state index contributed by atoms with van der Waals surface area (Å²) in [5.41, 5.74) is 2.66. The summed E-state index contributed by atoms with van der Waals surface area (Å²) in [5, 5.41) is 3.31. The van der Waals surface area contributed by atoms with E-state index in [4.69, 9.17) is 4.74 Å². The molecule has 2 aromatic carbocycles. The molecule has 0 spiro atoms. The lowest BCUT2D eigenvalue weighted by molar-refractivity contribution is 0.369. The number of hydrogen-bond acceptors (Lipinski definition) is 3. The molecule has 0 unspecified atom stereocenters. The molecule has 3 rings (SSSR count). The first kappa shape index (κ1) is 12.8. The summed E-state index contributed by atoms with van der Waals surface area (Å²) < 4.78 is 18.7. The van der Waals surface area contributed by atoms with Crippen LogP contribution < -0.4 is 10.1 Å². The third-order valence-corrected chi connectivity index (χ3v) is 3.09. The van der Waals surface area contributed by atoms with Crippen LogP contribution in [0.25, 0.3) is 0 Å². The van der Waals surface area contributed by atoms with Gasteiger partial charge in [0.15, 0.2) is 0 Å². The first-order valence-electron chi connectivity index (χ1n) is 6.55. The molecule has 0 amide bonds. The Morgan fingerprint density at radius 1 is 1.10 bits per heavy atom. The van der Waals surface area contributed by atoms with E-state index in [0.717, 1.165) is 12.3 Å². The van der Waals surface area contributed by atoms with E-state index in [1.165, 1.54) is 17.7 Å². The van der Waals surface area contributed by atoms with Gasteiger partial charge in [0.1, 0.15) is 23.9 Å². The van der Waals surface area contributed by atoms with Gasteiger partial charge in [-0.3, -0.25) is 0 Å². The molecule has 102 valence electrons. The van der Waals surface area contributed by atoms with Crippen LogP contribution in [0.2, 0.25) is 0 Å². The molecule has 1 heterocycles. The van der Waals surface area contributed by atoms with E-state index in [-0.39, 0.29) is 5.82 Å². The lowest BCUT2D eigenvalue weighted by atomic mass is 10.2. The molecule has 0 saturated heterocycles. The van der Waals surface area contributed by atoms with E-state index in [1.54, 1.807) is 6.07 Å². The molecule has 0 bridgehead atoms. The highest BCUT2D eigenvalue weighted by Crippen LogP contribution is 2.30. The van der Waals surface area contributed by atoms with Crippen LogP contribution in [0.1, 0.15) is 5.56 Å². The molecule has 0 aliphatic carbocycles. The van der Waals surface area contributed by atoms with Crippen molar-refractivity contribution >= 4 is 11.4 Å². The molecular formula is C16H15FN2O. The van der Waals surface area contributed by atoms with Gasteiger partial charge in [0.25, 0.3) is 0 Å². The predicted molar refractivity (Wildman–Crippen MR) is 77.1 cm³/mol. The Balaban J connectivity index is 1.61. The number of ether oxygens (including phenoxy) is 1. The van der Waals surface area contributed by atoms with Gasteiger partial charge in [-0.2, -0.15) is 0 Å². The predicted octanol–water partition coefficient (Wildman–Crippen LogP) is 3.08. The standard InChI is InChI=1S/C16H15FN2O/c17-13-6-7-16-15(8-13)19-14(11-20-16)10-18-9-12-4-2-1-3-5-12/h1-8,18H,9-11H2. The number of benzene rings is 2. The third kappa shape index (κ3) is 3.03. The molecule has 0 fully saturated rings. The van der Waals surface area contributed by atoms with Gasteiger partial charge in [-0.15, -0.1) is 0 Å². The summed E-state index contributed by atoms with van der Waals surface area (Å²) in [6.07, 6.45) is 0. The van der Waals surface area contributed by atoms with Crippen LogP contribution >= 0.6 is 0 Å². The summed E-state index contributed by atoms with van der Waals surface area (Å²) in [4.78, 5) is 4.43. The van der Waals surface area contributed by atoms with E-state index in [9.17, 15) is 4.39 Å². The first-order valence-corrected chi connectivity index (χ1v) is 6.55. The number of aliphatic imine (C=N–C) groups is 1. The Labute approximate surface area is 117 Å². The average Bonchev–Trinajstić information content (AvgIpc) is 2.48. The summed E-state index contributed by atoms with van der Waals surface area (Å²) in [6.45, 7) is 1.85. The summed E-state index contributed by atoms with van der Waals surface area (Å²) in [5.74, 6) is 0.341. The van der Waals surface area contributed by atoms with Crippen LogP contribution in [0.15, 0.2) is 53.5 Å². The van der Waals surface area contributed by atoms with E-state index in [2.05, 4.69) is 22.4 Å². The van der Waals surface area contributed by atoms with Crippen LogP contribution in [-0.4, -0.2) is 18.9 Å². The van der Waals surface area contributed by atoms with Gasteiger partial charge in [-0.05, 0) is 17.7 Å². The Hall–Kier alpha value is -2.20. The Morgan fingerprint density at radius 2 is 1.95 bits per heavy atom. The van der Waals surface area contributed by atoms with Gasteiger partial charge >= 0.3 is 0 Å². The molecule has 4 heteroatoms. The van der Waals surface area contributed by atoms with Gasteiger partial charge in [0, 0.05) is 19.2 Å². The van der Waals surface area contributed by atoms with Crippen LogP contribution in [0.4, 0.5) is 10.1 Å². The van der Waals surface area contributed by atoms with Crippen molar-refractivity contribution in [2.45, 2.75) is 6.54 Å². The van der Waals surface area contributed by atoms with Crippen molar-refractivity contribution in [3.05, 3.63) is 59.9 Å². The summed E-state index contributed by atoms with van der Waals surface area (Å²) in [6, 6.07) is 14.5. The zero-order valence-corrected chi connectivity index (χ0v) is 11.0. The van der Waals surface area contributed by atoms with Crippen molar-refractivity contribution in [3.8, 4) is 5.75 Å². The molecule has 0 atom stereocenters. The minimum absolute atomic E-state index is 0.297. The fourth-order valence-electron chi connectivity index (χ4n) is 2.10. The van der Waals surface area contributed by atoms with Gasteiger partial charge in [0.05, 0.1) is 5.71 Å². The topological polar surface area (TPSA) is 33.6 Å². The Kier molecular flexibility index (Phi) is 3.74. The van der Waals surface area contributed by atoms with Crippen LogP contribution in [0, 0.1) is 5.82 Å². The Bertz CT molecular complexity index is 626. The van der Waals surface area contributed by atoms with E-state index < -0.39 is 0 Å². The van der Waals surface area contributed by atoms with Crippen LogP contribution in [0.5, 0.6) is 5.75 Å². The molecule has 3 nitrogen and oxygen atoms in total. The number of nitrogens with zero attached hydrogens (tertiary/aromatic N) is 1. The molecule has 0 aromatic heterocycles. The molecule has 0 radical (unpaired) electrons. The van der Waals surface area contributed by atoms with Gasteiger partial charge in [-0.1, -0.05) is 30.3 Å². The van der Waals surface area contributed by atoms with Crippen LogP contribution in [0.3, 0.4) is 0 Å². The monoisotopic (exact) mass is 270 g/mol. The number of rotatable bonds is 4. The first-order chi connectivity index (χ1) is 9.81. The third-order valence-electron chi connectivity index (χ3n) is 3.09. The second kappa shape index (κ2) is 5.84. The maximum atomic E-state index is 13.2. The maximum Gasteiger partial charge on any atom is 0.145 e. The number of fused-ring (bicyclic) bond motifs is 1. The van der Waals surface area contributed by atoms with E-state index >= 15 is 0 Å². The Morgan fingerprint density at radius 3 is 2.80 bits per heavy atom. The summed E-state index contributed by atoms with van der Waals surface area (Å²) >= 11 is 0. The average molecular weight is 270 g/mol. The molecule has 0 saturated carbocycles. The highest BCUT2D eigenvalue weighted by molar-refractivity contribution is 5.92. The zero-order chi connectivity index (χ0) is 13.8. The fraction of sp³-hybridized carbons (Fsp3) is 0.188. The van der Waals surface area contributed by atoms with Crippen molar-refractivity contribution < 1.29 is 9.13 Å². The quantitative estimate of drug-likeness (QED) is 0.926. The molecule has 1 aliphatic rings. The number of halogens is 1. The second-order valence-electron chi connectivity index (χ2n) is 4.67. The van der Waals surface area contributed by atoms with Crippen molar-refractivity contribution in [3.63, 3.8) is 0 Å². The molecule has 20 heavy (non-hydrogen) atoms. The van der Waals surface area contributed by atoms with E-state index in [1.807, 2.05) is 18.2 Å². The molecule has 2 aromatic rings. The molecular weight excluding hydrogens is 255 g/mol. The largest absolute Gasteiger partial charge is 0.485 e. The van der Waals surface area contributed by atoms with Gasteiger partial charge in [-0.25, -0.2) is 9.38 Å².